The van der Waals surface area contributed by atoms with E-state index in [4.69, 9.17) is 11.6 Å². The first-order valence-corrected chi connectivity index (χ1v) is 9.13. The lowest BCUT2D eigenvalue weighted by Gasteiger charge is -2.09. The summed E-state index contributed by atoms with van der Waals surface area (Å²) in [6.07, 6.45) is -2.90. The number of rotatable bonds is 2. The molecule has 2 aromatic carbocycles. The molecular weight excluding hydrogens is 453 g/mol. The molecule has 1 heterocycles. The van der Waals surface area contributed by atoms with E-state index >= 15 is 0 Å². The fourth-order valence-electron chi connectivity index (χ4n) is 2.11. The van der Waals surface area contributed by atoms with Crippen LogP contribution in [0.15, 0.2) is 56.8 Å². The number of aliphatic imine (C=N–C) groups is 1. The van der Waals surface area contributed by atoms with Crippen molar-refractivity contribution >= 4 is 62.1 Å². The molecule has 1 N–H and O–H groups in total. The van der Waals surface area contributed by atoms with Gasteiger partial charge in [-0.3, -0.25) is 4.79 Å². The molecule has 1 amide bonds. The number of hydrogen-bond acceptors (Lipinski definition) is 3. The largest absolute Gasteiger partial charge is 0.417 e. The second kappa shape index (κ2) is 7.46. The van der Waals surface area contributed by atoms with Crippen LogP contribution in [0.4, 0.5) is 18.9 Å². The average Bonchev–Trinajstić information content (AvgIpc) is 2.90. The number of benzene rings is 2. The molecule has 2 aromatic rings. The lowest BCUT2D eigenvalue weighted by molar-refractivity contribution is -0.137. The molecule has 3 nitrogen and oxygen atoms in total. The van der Waals surface area contributed by atoms with Gasteiger partial charge in [0.1, 0.15) is 0 Å². The van der Waals surface area contributed by atoms with E-state index in [0.717, 1.165) is 33.9 Å². The minimum Gasteiger partial charge on any atom is -0.300 e. The van der Waals surface area contributed by atoms with Crippen LogP contribution in [0.5, 0.6) is 0 Å². The van der Waals surface area contributed by atoms with Crippen molar-refractivity contribution in [2.24, 2.45) is 4.99 Å². The Hall–Kier alpha value is -1.77. The summed E-state index contributed by atoms with van der Waals surface area (Å²) >= 11 is 9.97. The predicted molar refractivity (Wildman–Crippen MR) is 101 cm³/mol. The number of amides is 1. The Morgan fingerprint density at radius 3 is 2.50 bits per heavy atom. The number of nitrogens with zero attached hydrogens (tertiary/aromatic N) is 1. The Morgan fingerprint density at radius 1 is 1.15 bits per heavy atom. The highest BCUT2D eigenvalue weighted by atomic mass is 79.9. The summed E-state index contributed by atoms with van der Waals surface area (Å²) in [5.74, 6) is -0.360. The Kier molecular flexibility index (Phi) is 5.45. The number of halogens is 5. The summed E-state index contributed by atoms with van der Waals surface area (Å²) in [7, 11) is 0. The van der Waals surface area contributed by atoms with Crippen LogP contribution in [-0.2, 0) is 11.0 Å². The van der Waals surface area contributed by atoms with Crippen LogP contribution in [0.3, 0.4) is 0 Å². The van der Waals surface area contributed by atoms with Gasteiger partial charge in [-0.05, 0) is 53.7 Å². The molecule has 134 valence electrons. The van der Waals surface area contributed by atoms with E-state index in [0.29, 0.717) is 4.91 Å². The number of hydrogen-bond donors (Lipinski definition) is 1. The van der Waals surface area contributed by atoms with Gasteiger partial charge in [0.05, 0.1) is 21.2 Å². The zero-order valence-electron chi connectivity index (χ0n) is 12.8. The summed E-state index contributed by atoms with van der Waals surface area (Å²) in [5, 5.41) is 2.34. The fraction of sp³-hybridized carbons (Fsp3) is 0.0588. The van der Waals surface area contributed by atoms with Gasteiger partial charge in [0, 0.05) is 4.47 Å². The molecule has 26 heavy (non-hydrogen) atoms. The first-order valence-electron chi connectivity index (χ1n) is 7.14. The predicted octanol–water partition coefficient (Wildman–Crippen LogP) is 6.01. The van der Waals surface area contributed by atoms with E-state index < -0.39 is 16.8 Å². The van der Waals surface area contributed by atoms with E-state index in [9.17, 15) is 18.0 Å². The SMILES string of the molecule is O=C1NC(=Nc2ccc(Cl)c(C(F)(F)F)c2)SC1=Cc1ccc(Br)cc1. The van der Waals surface area contributed by atoms with Crippen molar-refractivity contribution in [3.8, 4) is 0 Å². The molecule has 1 fully saturated rings. The number of carbonyl (C=O) groups excluding carboxylic acids is 1. The van der Waals surface area contributed by atoms with Crippen LogP contribution >= 0.6 is 39.3 Å². The van der Waals surface area contributed by atoms with E-state index in [2.05, 4.69) is 26.2 Å². The topological polar surface area (TPSA) is 41.5 Å². The van der Waals surface area contributed by atoms with Crippen molar-refractivity contribution in [2.75, 3.05) is 0 Å². The van der Waals surface area contributed by atoms with Gasteiger partial charge in [-0.15, -0.1) is 0 Å². The van der Waals surface area contributed by atoms with Crippen molar-refractivity contribution < 1.29 is 18.0 Å². The molecular formula is C17H9BrClF3N2OS. The highest BCUT2D eigenvalue weighted by Gasteiger charge is 2.33. The number of nitrogens with one attached hydrogen (secondary N) is 1. The Bertz CT molecular complexity index is 927. The van der Waals surface area contributed by atoms with Gasteiger partial charge in [0.15, 0.2) is 5.17 Å². The molecule has 0 aliphatic carbocycles. The third-order valence-electron chi connectivity index (χ3n) is 3.30. The van der Waals surface area contributed by atoms with Crippen molar-refractivity contribution in [3.05, 3.63) is 68.0 Å². The number of thioether (sulfide) groups is 1. The van der Waals surface area contributed by atoms with Gasteiger partial charge in [-0.2, -0.15) is 13.2 Å². The van der Waals surface area contributed by atoms with E-state index in [1.807, 2.05) is 24.3 Å². The number of alkyl halides is 3. The second-order valence-electron chi connectivity index (χ2n) is 5.20. The van der Waals surface area contributed by atoms with Gasteiger partial charge in [0.2, 0.25) is 0 Å². The molecule has 0 radical (unpaired) electrons. The highest BCUT2D eigenvalue weighted by molar-refractivity contribution is 9.10. The van der Waals surface area contributed by atoms with E-state index in [1.165, 1.54) is 6.07 Å². The molecule has 0 spiro atoms. The van der Waals surface area contributed by atoms with Crippen LogP contribution in [-0.4, -0.2) is 11.1 Å². The van der Waals surface area contributed by atoms with Crippen molar-refractivity contribution in [1.82, 2.24) is 5.32 Å². The molecule has 0 aromatic heterocycles. The monoisotopic (exact) mass is 460 g/mol. The lowest BCUT2D eigenvalue weighted by atomic mass is 10.2. The van der Waals surface area contributed by atoms with Gasteiger partial charge in [-0.1, -0.05) is 39.7 Å². The maximum Gasteiger partial charge on any atom is 0.417 e. The summed E-state index contributed by atoms with van der Waals surface area (Å²) in [6.45, 7) is 0. The summed E-state index contributed by atoms with van der Waals surface area (Å²) in [5.41, 5.74) is -0.103. The van der Waals surface area contributed by atoms with Crippen LogP contribution in [0.1, 0.15) is 11.1 Å². The molecule has 0 saturated carbocycles. The lowest BCUT2D eigenvalue weighted by Crippen LogP contribution is -2.19. The van der Waals surface area contributed by atoms with Gasteiger partial charge < -0.3 is 5.32 Å². The molecule has 9 heteroatoms. The minimum absolute atomic E-state index is 0.0504. The highest BCUT2D eigenvalue weighted by Crippen LogP contribution is 2.37. The minimum atomic E-state index is -4.58. The van der Waals surface area contributed by atoms with Gasteiger partial charge in [-0.25, -0.2) is 4.99 Å². The zero-order valence-corrected chi connectivity index (χ0v) is 15.9. The standard InChI is InChI=1S/C17H9BrClF3N2OS/c18-10-3-1-9(2-4-10)7-14-15(25)24-16(26-14)23-11-5-6-13(19)12(8-11)17(20,21)22/h1-8H,(H,23,24,25). The van der Waals surface area contributed by atoms with Gasteiger partial charge >= 0.3 is 6.18 Å². The van der Waals surface area contributed by atoms with E-state index in [-0.39, 0.29) is 16.8 Å². The molecule has 0 atom stereocenters. The summed E-state index contributed by atoms with van der Waals surface area (Å²) < 4.78 is 39.7. The third kappa shape index (κ3) is 4.49. The Labute approximate surface area is 164 Å². The maximum atomic E-state index is 12.9. The van der Waals surface area contributed by atoms with Crippen molar-refractivity contribution in [1.29, 1.82) is 0 Å². The van der Waals surface area contributed by atoms with Crippen LogP contribution in [0.25, 0.3) is 6.08 Å². The molecule has 1 aliphatic heterocycles. The Morgan fingerprint density at radius 2 is 1.85 bits per heavy atom. The second-order valence-corrected chi connectivity index (χ2v) is 7.55. The smallest absolute Gasteiger partial charge is 0.300 e. The first-order chi connectivity index (χ1) is 12.2. The summed E-state index contributed by atoms with van der Waals surface area (Å²) in [4.78, 5) is 16.5. The summed E-state index contributed by atoms with van der Waals surface area (Å²) in [6, 6.07) is 10.7. The zero-order chi connectivity index (χ0) is 18.9. The van der Waals surface area contributed by atoms with Crippen LogP contribution < -0.4 is 5.32 Å². The molecule has 3 rings (SSSR count). The molecule has 1 aliphatic rings. The number of amidine groups is 1. The van der Waals surface area contributed by atoms with Crippen molar-refractivity contribution in [3.63, 3.8) is 0 Å². The van der Waals surface area contributed by atoms with Crippen LogP contribution in [0.2, 0.25) is 5.02 Å². The molecule has 0 bridgehead atoms. The molecule has 0 unspecified atom stereocenters. The maximum absolute atomic E-state index is 12.9. The average molecular weight is 462 g/mol. The normalized spacial score (nSPS) is 17.8. The number of carbonyl (C=O) groups is 1. The first kappa shape index (κ1) is 19.0. The third-order valence-corrected chi connectivity index (χ3v) is 5.07. The van der Waals surface area contributed by atoms with E-state index in [1.54, 1.807) is 6.08 Å². The Balaban J connectivity index is 1.85. The molecule has 1 saturated heterocycles. The fourth-order valence-corrected chi connectivity index (χ4v) is 3.44. The van der Waals surface area contributed by atoms with Crippen LogP contribution in [0, 0.1) is 0 Å². The van der Waals surface area contributed by atoms with Gasteiger partial charge in [0.25, 0.3) is 5.91 Å². The van der Waals surface area contributed by atoms with Crippen molar-refractivity contribution in [2.45, 2.75) is 6.18 Å². The quantitative estimate of drug-likeness (QED) is 0.556.